The molecule has 0 heterocycles. The summed E-state index contributed by atoms with van der Waals surface area (Å²) in [5.74, 6) is -0.862. The van der Waals surface area contributed by atoms with Crippen LogP contribution in [0, 0.1) is 21.7 Å². The van der Waals surface area contributed by atoms with Gasteiger partial charge in [-0.1, -0.05) is 30.3 Å². The molecule has 0 aliphatic carbocycles. The molecule has 0 aliphatic heterocycles. The zero-order valence-electron chi connectivity index (χ0n) is 18.6. The van der Waals surface area contributed by atoms with E-state index in [1.165, 1.54) is 61.7 Å². The van der Waals surface area contributed by atoms with Crippen molar-refractivity contribution < 1.29 is 23.2 Å². The predicted molar refractivity (Wildman–Crippen MR) is 130 cm³/mol. The van der Waals surface area contributed by atoms with Gasteiger partial charge in [0, 0.05) is 12.1 Å². The standard InChI is InChI=1S/C28H19F2NO4/c1-35-27-17-21(19-5-9-22(29)10-6-19)16-25(20-7-11-23(30)12-8-20)28(27)26(32)15-4-18-2-13-24(14-3-18)31(33)34/h2-17H,1H3/b15-4+. The summed E-state index contributed by atoms with van der Waals surface area (Å²) in [7, 11) is 1.44. The Labute approximate surface area is 200 Å². The van der Waals surface area contributed by atoms with E-state index < -0.39 is 10.7 Å². The number of ketones is 1. The van der Waals surface area contributed by atoms with Crippen LogP contribution in [0.5, 0.6) is 5.75 Å². The van der Waals surface area contributed by atoms with Crippen molar-refractivity contribution in [3.63, 3.8) is 0 Å². The molecule has 174 valence electrons. The summed E-state index contributed by atoms with van der Waals surface area (Å²) in [5, 5.41) is 10.9. The number of carbonyl (C=O) groups is 1. The molecule has 0 fully saturated rings. The van der Waals surface area contributed by atoms with Gasteiger partial charge in [-0.15, -0.1) is 0 Å². The summed E-state index contributed by atoms with van der Waals surface area (Å²) in [4.78, 5) is 23.7. The van der Waals surface area contributed by atoms with Gasteiger partial charge < -0.3 is 4.74 Å². The number of ether oxygens (including phenoxy) is 1. The van der Waals surface area contributed by atoms with Crippen molar-refractivity contribution in [2.24, 2.45) is 0 Å². The van der Waals surface area contributed by atoms with E-state index in [-0.39, 0.29) is 22.9 Å². The van der Waals surface area contributed by atoms with Gasteiger partial charge in [-0.25, -0.2) is 8.78 Å². The second-order valence-electron chi connectivity index (χ2n) is 7.66. The molecule has 7 heteroatoms. The minimum Gasteiger partial charge on any atom is -0.496 e. The Morgan fingerprint density at radius 1 is 0.829 bits per heavy atom. The fourth-order valence-electron chi connectivity index (χ4n) is 3.66. The molecule has 0 aromatic heterocycles. The molecule has 5 nitrogen and oxygen atoms in total. The largest absolute Gasteiger partial charge is 0.496 e. The lowest BCUT2D eigenvalue weighted by Gasteiger charge is -2.15. The van der Waals surface area contributed by atoms with Crippen molar-refractivity contribution in [2.45, 2.75) is 0 Å². The van der Waals surface area contributed by atoms with E-state index in [9.17, 15) is 23.7 Å². The average Bonchev–Trinajstić information content (AvgIpc) is 2.87. The molecule has 0 unspecified atom stereocenters. The van der Waals surface area contributed by atoms with Crippen LogP contribution in [0.3, 0.4) is 0 Å². The van der Waals surface area contributed by atoms with Crippen LogP contribution in [0.2, 0.25) is 0 Å². The molecular formula is C28H19F2NO4. The molecule has 0 bridgehead atoms. The Balaban J connectivity index is 1.80. The number of rotatable bonds is 7. The topological polar surface area (TPSA) is 69.4 Å². The predicted octanol–water partition coefficient (Wildman–Crippen LogP) is 7.11. The SMILES string of the molecule is COc1cc(-c2ccc(F)cc2)cc(-c2ccc(F)cc2)c1C(=O)/C=C/c1ccc([N+](=O)[O-])cc1. The fraction of sp³-hybridized carbons (Fsp3) is 0.0357. The average molecular weight is 471 g/mol. The van der Waals surface area contributed by atoms with Crippen molar-refractivity contribution in [1.29, 1.82) is 0 Å². The summed E-state index contributed by atoms with van der Waals surface area (Å²) in [5.41, 5.74) is 3.34. The van der Waals surface area contributed by atoms with E-state index in [0.29, 0.717) is 33.6 Å². The highest BCUT2D eigenvalue weighted by molar-refractivity contribution is 6.13. The number of nitrogens with zero attached hydrogens (tertiary/aromatic N) is 1. The van der Waals surface area contributed by atoms with Gasteiger partial charge in [0.15, 0.2) is 5.78 Å². The normalized spacial score (nSPS) is 10.9. The van der Waals surface area contributed by atoms with E-state index in [4.69, 9.17) is 4.74 Å². The van der Waals surface area contributed by atoms with Crippen LogP contribution in [0.15, 0.2) is 91.0 Å². The molecular weight excluding hydrogens is 452 g/mol. The van der Waals surface area contributed by atoms with Gasteiger partial charge in [0.2, 0.25) is 0 Å². The highest BCUT2D eigenvalue weighted by Crippen LogP contribution is 2.37. The van der Waals surface area contributed by atoms with E-state index in [0.717, 1.165) is 0 Å². The molecule has 0 saturated heterocycles. The number of benzene rings is 4. The summed E-state index contributed by atoms with van der Waals surface area (Å²) in [6.07, 6.45) is 2.90. The van der Waals surface area contributed by atoms with Crippen molar-refractivity contribution in [3.8, 4) is 28.0 Å². The van der Waals surface area contributed by atoms with Crippen molar-refractivity contribution in [3.05, 3.63) is 124 Å². The second-order valence-corrected chi connectivity index (χ2v) is 7.66. The van der Waals surface area contributed by atoms with E-state index in [1.807, 2.05) is 0 Å². The summed E-state index contributed by atoms with van der Waals surface area (Å²) < 4.78 is 32.6. The van der Waals surface area contributed by atoms with Crippen molar-refractivity contribution >= 4 is 17.5 Å². The van der Waals surface area contributed by atoms with Crippen LogP contribution in [0.25, 0.3) is 28.3 Å². The van der Waals surface area contributed by atoms with Crippen LogP contribution in [-0.2, 0) is 0 Å². The van der Waals surface area contributed by atoms with Gasteiger partial charge in [0.05, 0.1) is 17.6 Å². The summed E-state index contributed by atoms with van der Waals surface area (Å²) in [6, 6.07) is 20.9. The molecule has 0 saturated carbocycles. The number of hydrogen-bond donors (Lipinski definition) is 0. The quantitative estimate of drug-likeness (QED) is 0.125. The molecule has 0 atom stereocenters. The van der Waals surface area contributed by atoms with Crippen LogP contribution >= 0.6 is 0 Å². The van der Waals surface area contributed by atoms with E-state index >= 15 is 0 Å². The summed E-state index contributed by atoms with van der Waals surface area (Å²) in [6.45, 7) is 0. The van der Waals surface area contributed by atoms with Crippen LogP contribution in [0.4, 0.5) is 14.5 Å². The molecule has 0 spiro atoms. The first kappa shape index (κ1) is 23.5. The van der Waals surface area contributed by atoms with E-state index in [1.54, 1.807) is 42.5 Å². The fourth-order valence-corrected chi connectivity index (χ4v) is 3.66. The van der Waals surface area contributed by atoms with E-state index in [2.05, 4.69) is 0 Å². The number of non-ortho nitro benzene ring substituents is 1. The first-order chi connectivity index (χ1) is 16.9. The third-order valence-electron chi connectivity index (χ3n) is 5.43. The monoisotopic (exact) mass is 471 g/mol. The first-order valence-corrected chi connectivity index (χ1v) is 10.6. The summed E-state index contributed by atoms with van der Waals surface area (Å²) >= 11 is 0. The lowest BCUT2D eigenvalue weighted by Crippen LogP contribution is -2.03. The maximum atomic E-state index is 13.6. The number of methoxy groups -OCH3 is 1. The maximum Gasteiger partial charge on any atom is 0.269 e. The molecule has 4 rings (SSSR count). The Morgan fingerprint density at radius 2 is 1.40 bits per heavy atom. The van der Waals surface area contributed by atoms with Gasteiger partial charge in [0.25, 0.3) is 5.69 Å². The minimum absolute atomic E-state index is 0.0508. The Morgan fingerprint density at radius 3 is 1.94 bits per heavy atom. The number of allylic oxidation sites excluding steroid dienone is 1. The Hall–Kier alpha value is -4.65. The van der Waals surface area contributed by atoms with Gasteiger partial charge in [0.1, 0.15) is 17.4 Å². The number of nitro groups is 1. The lowest BCUT2D eigenvalue weighted by molar-refractivity contribution is -0.384. The molecule has 0 aliphatic rings. The second kappa shape index (κ2) is 10.1. The van der Waals surface area contributed by atoms with Crippen molar-refractivity contribution in [2.75, 3.05) is 7.11 Å². The molecule has 0 N–H and O–H groups in total. The Kier molecular flexibility index (Phi) is 6.78. The number of halogens is 2. The molecule has 4 aromatic carbocycles. The molecule has 0 radical (unpaired) electrons. The van der Waals surface area contributed by atoms with Gasteiger partial charge in [-0.2, -0.15) is 0 Å². The third kappa shape index (κ3) is 5.30. The maximum absolute atomic E-state index is 13.6. The highest BCUT2D eigenvalue weighted by Gasteiger charge is 2.19. The first-order valence-electron chi connectivity index (χ1n) is 10.6. The number of carbonyl (C=O) groups excluding carboxylic acids is 1. The smallest absolute Gasteiger partial charge is 0.269 e. The van der Waals surface area contributed by atoms with Gasteiger partial charge in [-0.05, 0) is 82.4 Å². The molecule has 4 aromatic rings. The van der Waals surface area contributed by atoms with Crippen LogP contribution in [0.1, 0.15) is 15.9 Å². The Bertz CT molecular complexity index is 1410. The van der Waals surface area contributed by atoms with Crippen LogP contribution in [-0.4, -0.2) is 17.8 Å². The highest BCUT2D eigenvalue weighted by atomic mass is 19.1. The zero-order chi connectivity index (χ0) is 24.9. The molecule has 35 heavy (non-hydrogen) atoms. The van der Waals surface area contributed by atoms with Crippen molar-refractivity contribution in [1.82, 2.24) is 0 Å². The van der Waals surface area contributed by atoms with Crippen LogP contribution < -0.4 is 4.74 Å². The minimum atomic E-state index is -0.499. The lowest BCUT2D eigenvalue weighted by atomic mass is 9.91. The van der Waals surface area contributed by atoms with Gasteiger partial charge in [-0.3, -0.25) is 14.9 Å². The van der Waals surface area contributed by atoms with Gasteiger partial charge >= 0.3 is 0 Å². The number of nitro benzene ring substituents is 1. The molecule has 0 amide bonds. The third-order valence-corrected chi connectivity index (χ3v) is 5.43. The zero-order valence-corrected chi connectivity index (χ0v) is 18.6. The number of hydrogen-bond acceptors (Lipinski definition) is 4.